The van der Waals surface area contributed by atoms with Crippen molar-refractivity contribution in [2.24, 2.45) is 5.41 Å². The molecule has 3 aromatic carbocycles. The minimum Gasteiger partial charge on any atom is -0.373 e. The Hall–Kier alpha value is -2.29. The Morgan fingerprint density at radius 2 is 1.79 bits per heavy atom. The van der Waals surface area contributed by atoms with Crippen LogP contribution < -0.4 is 5.32 Å². The number of halogens is 2. The van der Waals surface area contributed by atoms with Crippen molar-refractivity contribution in [3.63, 3.8) is 0 Å². The molecule has 1 aliphatic carbocycles. The van der Waals surface area contributed by atoms with Crippen LogP contribution >= 0.6 is 23.2 Å². The third-order valence-electron chi connectivity index (χ3n) is 6.02. The Morgan fingerprint density at radius 3 is 2.62 bits per heavy atom. The van der Waals surface area contributed by atoms with Crippen LogP contribution in [0.2, 0.25) is 10.0 Å². The number of rotatable bonds is 1. The second-order valence-electron chi connectivity index (χ2n) is 8.79. The van der Waals surface area contributed by atoms with Crippen LogP contribution in [0.15, 0.2) is 60.2 Å². The highest BCUT2D eigenvalue weighted by molar-refractivity contribution is 6.33. The number of carbonyl (C=O) groups is 1. The lowest BCUT2D eigenvalue weighted by molar-refractivity contribution is -0.118. The molecule has 5 rings (SSSR count). The van der Waals surface area contributed by atoms with Crippen LogP contribution in [0.1, 0.15) is 43.9 Å². The molecule has 4 heteroatoms. The van der Waals surface area contributed by atoms with Gasteiger partial charge >= 0.3 is 0 Å². The van der Waals surface area contributed by atoms with E-state index >= 15 is 0 Å². The van der Waals surface area contributed by atoms with Crippen molar-refractivity contribution in [2.45, 2.75) is 32.7 Å². The first-order valence-electron chi connectivity index (χ1n) is 9.84. The lowest BCUT2D eigenvalue weighted by Crippen LogP contribution is -2.33. The van der Waals surface area contributed by atoms with Crippen molar-refractivity contribution in [1.29, 1.82) is 0 Å². The number of benzene rings is 3. The SMILES string of the molecule is CC1(C)CC(=O)C2=C(C1)c1ccc3ccccc3c1NC2c1cc(Cl)ccc1Cl. The first kappa shape index (κ1) is 18.7. The fraction of sp³-hybridized carbons (Fsp3) is 0.240. The molecule has 1 aliphatic heterocycles. The van der Waals surface area contributed by atoms with Crippen molar-refractivity contribution in [2.75, 3.05) is 5.32 Å². The number of hydrogen-bond donors (Lipinski definition) is 1. The zero-order valence-corrected chi connectivity index (χ0v) is 17.9. The molecule has 0 amide bonds. The van der Waals surface area contributed by atoms with E-state index in [1.54, 1.807) is 12.1 Å². The Bertz CT molecular complexity index is 1210. The van der Waals surface area contributed by atoms with Crippen LogP contribution in [0, 0.1) is 5.41 Å². The maximum atomic E-state index is 13.3. The van der Waals surface area contributed by atoms with Crippen LogP contribution in [-0.2, 0) is 4.79 Å². The van der Waals surface area contributed by atoms with Crippen molar-refractivity contribution >= 4 is 51.0 Å². The summed E-state index contributed by atoms with van der Waals surface area (Å²) < 4.78 is 0. The van der Waals surface area contributed by atoms with Gasteiger partial charge in [-0.05, 0) is 46.6 Å². The normalized spacial score (nSPS) is 20.3. The lowest BCUT2D eigenvalue weighted by atomic mass is 9.68. The average molecular weight is 422 g/mol. The predicted molar refractivity (Wildman–Crippen MR) is 122 cm³/mol. The Balaban J connectivity index is 1.82. The third-order valence-corrected chi connectivity index (χ3v) is 6.60. The van der Waals surface area contributed by atoms with E-state index in [1.807, 2.05) is 18.2 Å². The second-order valence-corrected chi connectivity index (χ2v) is 9.63. The summed E-state index contributed by atoms with van der Waals surface area (Å²) in [5, 5.41) is 7.20. The first-order valence-corrected chi connectivity index (χ1v) is 10.6. The number of carbonyl (C=O) groups excluding carboxylic acids is 1. The van der Waals surface area contributed by atoms with Gasteiger partial charge in [-0.2, -0.15) is 0 Å². The van der Waals surface area contributed by atoms with E-state index in [9.17, 15) is 4.79 Å². The zero-order valence-electron chi connectivity index (χ0n) is 16.4. The highest BCUT2D eigenvalue weighted by Gasteiger charge is 2.41. The molecule has 0 fully saturated rings. The fourth-order valence-corrected chi connectivity index (χ4v) is 5.18. The largest absolute Gasteiger partial charge is 0.373 e. The van der Waals surface area contributed by atoms with E-state index in [4.69, 9.17) is 23.2 Å². The summed E-state index contributed by atoms with van der Waals surface area (Å²) in [6, 6.07) is 17.7. The number of anilines is 1. The molecule has 3 aromatic rings. The molecule has 2 aliphatic rings. The van der Waals surface area contributed by atoms with Crippen molar-refractivity contribution in [3.8, 4) is 0 Å². The van der Waals surface area contributed by atoms with Crippen LogP contribution in [0.3, 0.4) is 0 Å². The molecule has 1 unspecified atom stereocenters. The molecule has 0 bridgehead atoms. The molecule has 1 atom stereocenters. The van der Waals surface area contributed by atoms with Gasteiger partial charge in [-0.25, -0.2) is 0 Å². The molecule has 0 aromatic heterocycles. The molecule has 2 nitrogen and oxygen atoms in total. The Labute approximate surface area is 180 Å². The standard InChI is InChI=1S/C25H21Cl2NO/c1-25(2)12-19-17-9-7-14-5-3-4-6-16(14)23(17)28-24(22(19)21(29)13-25)18-11-15(26)8-10-20(18)27/h3-11,24,28H,12-13H2,1-2H3. The molecule has 0 saturated heterocycles. The summed E-state index contributed by atoms with van der Waals surface area (Å²) in [7, 11) is 0. The quantitative estimate of drug-likeness (QED) is 0.441. The van der Waals surface area contributed by atoms with Gasteiger partial charge in [0.2, 0.25) is 0 Å². The van der Waals surface area contributed by atoms with E-state index in [2.05, 4.69) is 43.4 Å². The number of Topliss-reactive ketones (excluding diaryl/α,β-unsaturated/α-hetero) is 1. The number of fused-ring (bicyclic) bond motifs is 4. The van der Waals surface area contributed by atoms with Gasteiger partial charge < -0.3 is 5.32 Å². The molecule has 0 spiro atoms. The molecule has 1 N–H and O–H groups in total. The molecule has 29 heavy (non-hydrogen) atoms. The first-order chi connectivity index (χ1) is 13.8. The molecular formula is C25H21Cl2NO. The molecule has 0 radical (unpaired) electrons. The van der Waals surface area contributed by atoms with Gasteiger partial charge in [-0.1, -0.05) is 73.4 Å². The lowest BCUT2D eigenvalue weighted by Gasteiger charge is -2.40. The number of ketones is 1. The summed E-state index contributed by atoms with van der Waals surface area (Å²) in [6.45, 7) is 4.33. The molecule has 146 valence electrons. The smallest absolute Gasteiger partial charge is 0.162 e. The monoisotopic (exact) mass is 421 g/mol. The highest BCUT2D eigenvalue weighted by Crippen LogP contribution is 2.52. The van der Waals surface area contributed by atoms with Gasteiger partial charge in [0.05, 0.1) is 11.7 Å². The van der Waals surface area contributed by atoms with Crippen LogP contribution in [0.4, 0.5) is 5.69 Å². The maximum Gasteiger partial charge on any atom is 0.162 e. The van der Waals surface area contributed by atoms with E-state index in [0.29, 0.717) is 16.5 Å². The van der Waals surface area contributed by atoms with Crippen LogP contribution in [0.25, 0.3) is 16.3 Å². The summed E-state index contributed by atoms with van der Waals surface area (Å²) in [5.41, 5.74) is 4.92. The zero-order chi connectivity index (χ0) is 20.3. The second kappa shape index (κ2) is 6.62. The van der Waals surface area contributed by atoms with E-state index in [-0.39, 0.29) is 17.2 Å². The average Bonchev–Trinajstić information content (AvgIpc) is 2.68. The maximum absolute atomic E-state index is 13.3. The van der Waals surface area contributed by atoms with Crippen LogP contribution in [0.5, 0.6) is 0 Å². The number of allylic oxidation sites excluding steroid dienone is 1. The molecule has 0 saturated carbocycles. The molecular weight excluding hydrogens is 401 g/mol. The van der Waals surface area contributed by atoms with Crippen molar-refractivity contribution < 1.29 is 4.79 Å². The number of hydrogen-bond acceptors (Lipinski definition) is 2. The highest BCUT2D eigenvalue weighted by atomic mass is 35.5. The summed E-state index contributed by atoms with van der Waals surface area (Å²) in [5.74, 6) is 0.184. The van der Waals surface area contributed by atoms with Gasteiger partial charge in [0.15, 0.2) is 5.78 Å². The predicted octanol–water partition coefficient (Wildman–Crippen LogP) is 7.46. The van der Waals surface area contributed by atoms with Gasteiger partial charge in [-0.15, -0.1) is 0 Å². The topological polar surface area (TPSA) is 29.1 Å². The minimum absolute atomic E-state index is 0.0706. The van der Waals surface area contributed by atoms with Crippen LogP contribution in [-0.4, -0.2) is 5.78 Å². The summed E-state index contributed by atoms with van der Waals surface area (Å²) >= 11 is 12.9. The Kier molecular flexibility index (Phi) is 4.27. The number of nitrogens with one attached hydrogen (secondary N) is 1. The summed E-state index contributed by atoms with van der Waals surface area (Å²) in [6.07, 6.45) is 1.39. The van der Waals surface area contributed by atoms with E-state index < -0.39 is 0 Å². The van der Waals surface area contributed by atoms with Gasteiger partial charge in [0.25, 0.3) is 0 Å². The van der Waals surface area contributed by atoms with E-state index in [1.165, 1.54) is 5.39 Å². The summed E-state index contributed by atoms with van der Waals surface area (Å²) in [4.78, 5) is 13.3. The Morgan fingerprint density at radius 1 is 1.00 bits per heavy atom. The third kappa shape index (κ3) is 3.06. The van der Waals surface area contributed by atoms with Crippen molar-refractivity contribution in [3.05, 3.63) is 81.3 Å². The van der Waals surface area contributed by atoms with Gasteiger partial charge in [0.1, 0.15) is 0 Å². The fourth-order valence-electron chi connectivity index (χ4n) is 4.77. The van der Waals surface area contributed by atoms with Gasteiger partial charge in [0, 0.05) is 33.0 Å². The van der Waals surface area contributed by atoms with Gasteiger partial charge in [-0.3, -0.25) is 4.79 Å². The van der Waals surface area contributed by atoms with Crippen molar-refractivity contribution in [1.82, 2.24) is 0 Å². The minimum atomic E-state index is -0.307. The molecule has 1 heterocycles. The van der Waals surface area contributed by atoms with E-state index in [0.717, 1.165) is 39.8 Å².